The Morgan fingerprint density at radius 2 is 1.70 bits per heavy atom. The zero-order valence-electron chi connectivity index (χ0n) is 15.0. The van der Waals surface area contributed by atoms with Gasteiger partial charge in [-0.25, -0.2) is 0 Å². The molecule has 0 radical (unpaired) electrons. The van der Waals surface area contributed by atoms with E-state index in [2.05, 4.69) is 55.3 Å². The van der Waals surface area contributed by atoms with Crippen LogP contribution in [-0.4, -0.2) is 30.4 Å². The van der Waals surface area contributed by atoms with E-state index in [0.717, 1.165) is 32.5 Å². The summed E-state index contributed by atoms with van der Waals surface area (Å²) < 4.78 is 0. The number of piperidine rings is 1. The highest BCUT2D eigenvalue weighted by Crippen LogP contribution is 2.24. The van der Waals surface area contributed by atoms with E-state index in [1.54, 1.807) is 0 Å². The predicted molar refractivity (Wildman–Crippen MR) is 96.4 cm³/mol. The molecule has 1 amide bonds. The van der Waals surface area contributed by atoms with Gasteiger partial charge in [-0.3, -0.25) is 9.69 Å². The molecule has 1 fully saturated rings. The molecule has 3 nitrogen and oxygen atoms in total. The van der Waals surface area contributed by atoms with Crippen LogP contribution in [0.1, 0.15) is 63.1 Å². The Labute approximate surface area is 141 Å². The fourth-order valence-electron chi connectivity index (χ4n) is 3.48. The van der Waals surface area contributed by atoms with Crippen molar-refractivity contribution in [3.8, 4) is 0 Å². The van der Waals surface area contributed by atoms with Crippen LogP contribution in [-0.2, 0) is 4.79 Å². The van der Waals surface area contributed by atoms with Gasteiger partial charge in [-0.2, -0.15) is 0 Å². The first-order valence-electron chi connectivity index (χ1n) is 9.24. The molecule has 23 heavy (non-hydrogen) atoms. The number of rotatable bonds is 7. The van der Waals surface area contributed by atoms with Crippen LogP contribution in [0.3, 0.4) is 0 Å². The zero-order chi connectivity index (χ0) is 16.7. The van der Waals surface area contributed by atoms with Crippen molar-refractivity contribution in [3.05, 3.63) is 35.4 Å². The van der Waals surface area contributed by atoms with E-state index in [-0.39, 0.29) is 11.8 Å². The summed E-state index contributed by atoms with van der Waals surface area (Å²) in [6, 6.07) is 9.09. The lowest BCUT2D eigenvalue weighted by Gasteiger charge is -2.35. The van der Waals surface area contributed by atoms with Gasteiger partial charge in [0.1, 0.15) is 0 Å². The maximum atomic E-state index is 12.3. The molecule has 0 bridgehead atoms. The highest BCUT2D eigenvalue weighted by Gasteiger charge is 2.24. The van der Waals surface area contributed by atoms with Gasteiger partial charge < -0.3 is 5.32 Å². The third-order valence-electron chi connectivity index (χ3n) is 5.12. The summed E-state index contributed by atoms with van der Waals surface area (Å²) in [5.41, 5.74) is 2.61. The molecule has 0 saturated carbocycles. The minimum absolute atomic E-state index is 0.148. The molecular weight excluding hydrogens is 284 g/mol. The molecule has 0 aromatic heterocycles. The van der Waals surface area contributed by atoms with Gasteiger partial charge in [0.15, 0.2) is 0 Å². The molecule has 1 atom stereocenters. The molecule has 1 aliphatic heterocycles. The van der Waals surface area contributed by atoms with Crippen molar-refractivity contribution in [1.82, 2.24) is 10.2 Å². The lowest BCUT2D eigenvalue weighted by atomic mass is 9.99. The second-order valence-corrected chi connectivity index (χ2v) is 6.78. The Bertz CT molecular complexity index is 473. The SMILES string of the molecule is CCC(CC)C(=O)NC[C@@H](c1ccc(C)cc1)N1CCCCC1. The average molecular weight is 316 g/mol. The van der Waals surface area contributed by atoms with Gasteiger partial charge in [-0.15, -0.1) is 0 Å². The van der Waals surface area contributed by atoms with Crippen molar-refractivity contribution in [2.75, 3.05) is 19.6 Å². The number of hydrogen-bond acceptors (Lipinski definition) is 2. The molecule has 0 unspecified atom stereocenters. The van der Waals surface area contributed by atoms with Crippen molar-refractivity contribution >= 4 is 5.91 Å². The summed E-state index contributed by atoms with van der Waals surface area (Å²) in [7, 11) is 0. The van der Waals surface area contributed by atoms with Crippen molar-refractivity contribution < 1.29 is 4.79 Å². The number of amides is 1. The third kappa shape index (κ3) is 5.07. The van der Waals surface area contributed by atoms with Crippen LogP contribution in [0.2, 0.25) is 0 Å². The molecule has 2 rings (SSSR count). The third-order valence-corrected chi connectivity index (χ3v) is 5.12. The summed E-state index contributed by atoms with van der Waals surface area (Å²) in [4.78, 5) is 14.9. The normalized spacial score (nSPS) is 17.2. The van der Waals surface area contributed by atoms with E-state index in [0.29, 0.717) is 6.04 Å². The van der Waals surface area contributed by atoms with Gasteiger partial charge in [0.25, 0.3) is 0 Å². The number of nitrogens with zero attached hydrogens (tertiary/aromatic N) is 1. The number of hydrogen-bond donors (Lipinski definition) is 1. The fraction of sp³-hybridized carbons (Fsp3) is 0.650. The van der Waals surface area contributed by atoms with Gasteiger partial charge in [-0.1, -0.05) is 50.1 Å². The average Bonchev–Trinajstić information content (AvgIpc) is 2.58. The van der Waals surface area contributed by atoms with E-state index in [9.17, 15) is 4.79 Å². The molecule has 0 spiro atoms. The first kappa shape index (κ1) is 18.0. The number of carbonyl (C=O) groups excluding carboxylic acids is 1. The largest absolute Gasteiger partial charge is 0.354 e. The quantitative estimate of drug-likeness (QED) is 0.822. The molecule has 3 heteroatoms. The standard InChI is InChI=1S/C20H32N2O/c1-4-17(5-2)20(23)21-15-19(22-13-7-6-8-14-22)18-11-9-16(3)10-12-18/h9-12,17,19H,4-8,13-15H2,1-3H3,(H,21,23)/t19-/m0/s1. The van der Waals surface area contributed by atoms with Gasteiger partial charge in [-0.05, 0) is 51.3 Å². The minimum Gasteiger partial charge on any atom is -0.354 e. The van der Waals surface area contributed by atoms with Crippen LogP contribution in [0.25, 0.3) is 0 Å². The van der Waals surface area contributed by atoms with Gasteiger partial charge >= 0.3 is 0 Å². The zero-order valence-corrected chi connectivity index (χ0v) is 15.0. The second kappa shape index (κ2) is 9.07. The number of carbonyl (C=O) groups is 1. The molecule has 128 valence electrons. The molecular formula is C20H32N2O. The molecule has 1 N–H and O–H groups in total. The Balaban J connectivity index is 2.07. The first-order chi connectivity index (χ1) is 11.2. The van der Waals surface area contributed by atoms with Crippen LogP contribution in [0.4, 0.5) is 0 Å². The van der Waals surface area contributed by atoms with Gasteiger partial charge in [0.2, 0.25) is 5.91 Å². The number of aryl methyl sites for hydroxylation is 1. The molecule has 1 aromatic carbocycles. The second-order valence-electron chi connectivity index (χ2n) is 6.78. The molecule has 0 aliphatic carbocycles. The highest BCUT2D eigenvalue weighted by molar-refractivity contribution is 5.78. The lowest BCUT2D eigenvalue weighted by molar-refractivity contribution is -0.125. The van der Waals surface area contributed by atoms with Crippen LogP contribution in [0, 0.1) is 12.8 Å². The number of likely N-dealkylation sites (tertiary alicyclic amines) is 1. The van der Waals surface area contributed by atoms with Crippen LogP contribution in [0.15, 0.2) is 24.3 Å². The minimum atomic E-state index is 0.148. The Hall–Kier alpha value is -1.35. The van der Waals surface area contributed by atoms with Gasteiger partial charge in [0.05, 0.1) is 6.04 Å². The van der Waals surface area contributed by atoms with Crippen LogP contribution >= 0.6 is 0 Å². The van der Waals surface area contributed by atoms with Crippen LogP contribution in [0.5, 0.6) is 0 Å². The van der Waals surface area contributed by atoms with Crippen LogP contribution < -0.4 is 5.32 Å². The topological polar surface area (TPSA) is 32.3 Å². The maximum Gasteiger partial charge on any atom is 0.223 e. The van der Waals surface area contributed by atoms with E-state index in [1.165, 1.54) is 30.4 Å². The number of nitrogens with one attached hydrogen (secondary N) is 1. The molecule has 1 heterocycles. The maximum absolute atomic E-state index is 12.3. The fourth-order valence-corrected chi connectivity index (χ4v) is 3.48. The van der Waals surface area contributed by atoms with Crippen molar-refractivity contribution in [3.63, 3.8) is 0 Å². The molecule has 1 aliphatic rings. The summed E-state index contributed by atoms with van der Waals surface area (Å²) in [5, 5.41) is 3.21. The van der Waals surface area contributed by atoms with Crippen molar-refractivity contribution in [1.29, 1.82) is 0 Å². The summed E-state index contributed by atoms with van der Waals surface area (Å²) in [6.07, 6.45) is 5.70. The summed E-state index contributed by atoms with van der Waals surface area (Å²) >= 11 is 0. The van der Waals surface area contributed by atoms with E-state index >= 15 is 0 Å². The first-order valence-corrected chi connectivity index (χ1v) is 9.24. The monoisotopic (exact) mass is 316 g/mol. The summed E-state index contributed by atoms with van der Waals surface area (Å²) in [6.45, 7) is 9.30. The highest BCUT2D eigenvalue weighted by atomic mass is 16.1. The molecule has 1 saturated heterocycles. The molecule has 1 aromatic rings. The number of benzene rings is 1. The predicted octanol–water partition coefficient (Wildman–Crippen LogP) is 4.07. The Morgan fingerprint density at radius 1 is 1.09 bits per heavy atom. The lowest BCUT2D eigenvalue weighted by Crippen LogP contribution is -2.42. The van der Waals surface area contributed by atoms with E-state index < -0.39 is 0 Å². The summed E-state index contributed by atoms with van der Waals surface area (Å²) in [5.74, 6) is 0.360. The van der Waals surface area contributed by atoms with E-state index in [1.807, 2.05) is 0 Å². The Morgan fingerprint density at radius 3 is 2.26 bits per heavy atom. The van der Waals surface area contributed by atoms with E-state index in [4.69, 9.17) is 0 Å². The van der Waals surface area contributed by atoms with Gasteiger partial charge in [0, 0.05) is 12.5 Å². The van der Waals surface area contributed by atoms with Crippen molar-refractivity contribution in [2.45, 2.75) is 58.9 Å². The van der Waals surface area contributed by atoms with Crippen molar-refractivity contribution in [2.24, 2.45) is 5.92 Å². The smallest absolute Gasteiger partial charge is 0.223 e. The Kier molecular flexibility index (Phi) is 7.10.